The van der Waals surface area contributed by atoms with Crippen molar-refractivity contribution in [2.75, 3.05) is 6.54 Å². The smallest absolute Gasteiger partial charge is 0.0442 e. The molecule has 0 rings (SSSR count). The molecule has 0 aliphatic rings. The first-order valence-electron chi connectivity index (χ1n) is 5.15. The zero-order valence-electron chi connectivity index (χ0n) is 9.41. The number of rotatable bonds is 6. The largest absolute Gasteiger partial charge is 0.315 e. The Morgan fingerprint density at radius 1 is 1.08 bits per heavy atom. The molecule has 0 atom stereocenters. The minimum Gasteiger partial charge on any atom is -0.315 e. The standard InChI is InChI=1S/C10H25NSi/c1-10(2)11-8-6-7-9-12(3,4)5/h10-11H,6-9H2,1-5H3. The Morgan fingerprint density at radius 2 is 1.67 bits per heavy atom. The van der Waals surface area contributed by atoms with E-state index in [1.807, 2.05) is 0 Å². The molecule has 12 heavy (non-hydrogen) atoms. The summed E-state index contributed by atoms with van der Waals surface area (Å²) >= 11 is 0. The second-order valence-electron chi connectivity index (χ2n) is 5.13. The fraction of sp³-hybridized carbons (Fsp3) is 1.00. The van der Waals surface area contributed by atoms with E-state index in [0.29, 0.717) is 6.04 Å². The Bertz CT molecular complexity index is 105. The van der Waals surface area contributed by atoms with Gasteiger partial charge in [-0.15, -0.1) is 0 Å². The zero-order valence-corrected chi connectivity index (χ0v) is 10.4. The predicted octanol–water partition coefficient (Wildman–Crippen LogP) is 3.10. The van der Waals surface area contributed by atoms with Crippen LogP contribution in [0.15, 0.2) is 0 Å². The minimum atomic E-state index is -0.762. The summed E-state index contributed by atoms with van der Waals surface area (Å²) in [5, 5.41) is 3.45. The van der Waals surface area contributed by atoms with Crippen LogP contribution in [0.4, 0.5) is 0 Å². The summed E-state index contributed by atoms with van der Waals surface area (Å²) in [4.78, 5) is 0. The SMILES string of the molecule is CC(C)NCCCC[Si](C)(C)C. The first-order valence-corrected chi connectivity index (χ1v) is 8.86. The lowest BCUT2D eigenvalue weighted by Gasteiger charge is -2.15. The monoisotopic (exact) mass is 187 g/mol. The molecule has 0 aliphatic heterocycles. The molecule has 0 unspecified atom stereocenters. The Balaban J connectivity index is 3.12. The number of hydrogen-bond acceptors (Lipinski definition) is 1. The quantitative estimate of drug-likeness (QED) is 0.498. The summed E-state index contributed by atoms with van der Waals surface area (Å²) < 4.78 is 0. The highest BCUT2D eigenvalue weighted by Gasteiger charge is 2.11. The molecule has 0 heterocycles. The molecule has 0 saturated heterocycles. The fourth-order valence-electron chi connectivity index (χ4n) is 1.17. The second kappa shape index (κ2) is 5.76. The molecule has 0 radical (unpaired) electrons. The van der Waals surface area contributed by atoms with Crippen LogP contribution in [0, 0.1) is 0 Å². The molecule has 74 valence electrons. The van der Waals surface area contributed by atoms with E-state index in [4.69, 9.17) is 0 Å². The molecule has 1 N–H and O–H groups in total. The van der Waals surface area contributed by atoms with Gasteiger partial charge in [-0.25, -0.2) is 0 Å². The van der Waals surface area contributed by atoms with E-state index < -0.39 is 8.07 Å². The van der Waals surface area contributed by atoms with Crippen LogP contribution in [0.1, 0.15) is 26.7 Å². The van der Waals surface area contributed by atoms with E-state index in [9.17, 15) is 0 Å². The van der Waals surface area contributed by atoms with Crippen LogP contribution in [-0.2, 0) is 0 Å². The van der Waals surface area contributed by atoms with E-state index in [2.05, 4.69) is 38.8 Å². The summed E-state index contributed by atoms with van der Waals surface area (Å²) in [6, 6.07) is 2.13. The van der Waals surface area contributed by atoms with Gasteiger partial charge in [0, 0.05) is 14.1 Å². The highest BCUT2D eigenvalue weighted by molar-refractivity contribution is 6.76. The molecule has 0 saturated carbocycles. The van der Waals surface area contributed by atoms with Gasteiger partial charge in [-0.05, 0) is 13.0 Å². The molecular weight excluding hydrogens is 162 g/mol. The van der Waals surface area contributed by atoms with Crippen molar-refractivity contribution in [2.45, 2.75) is 58.4 Å². The van der Waals surface area contributed by atoms with Gasteiger partial charge in [-0.1, -0.05) is 46.0 Å². The lowest BCUT2D eigenvalue weighted by Crippen LogP contribution is -2.24. The summed E-state index contributed by atoms with van der Waals surface area (Å²) in [5.74, 6) is 0. The normalized spacial score (nSPS) is 12.5. The van der Waals surface area contributed by atoms with Crippen LogP contribution < -0.4 is 5.32 Å². The van der Waals surface area contributed by atoms with Gasteiger partial charge in [0.25, 0.3) is 0 Å². The molecule has 0 aliphatic carbocycles. The van der Waals surface area contributed by atoms with Crippen LogP contribution in [-0.4, -0.2) is 20.7 Å². The van der Waals surface area contributed by atoms with Crippen molar-refractivity contribution in [3.05, 3.63) is 0 Å². The Labute approximate surface area is 79.0 Å². The third-order valence-corrected chi connectivity index (χ3v) is 3.76. The van der Waals surface area contributed by atoms with E-state index >= 15 is 0 Å². The maximum Gasteiger partial charge on any atom is 0.0442 e. The van der Waals surface area contributed by atoms with Crippen LogP contribution in [0.5, 0.6) is 0 Å². The fourth-order valence-corrected chi connectivity index (χ4v) is 2.48. The molecular formula is C10H25NSi. The van der Waals surface area contributed by atoms with Crippen molar-refractivity contribution >= 4 is 8.07 Å². The van der Waals surface area contributed by atoms with Gasteiger partial charge >= 0.3 is 0 Å². The first kappa shape index (κ1) is 12.2. The van der Waals surface area contributed by atoms with E-state index in [1.165, 1.54) is 25.4 Å². The topological polar surface area (TPSA) is 12.0 Å². The van der Waals surface area contributed by atoms with Crippen molar-refractivity contribution in [1.29, 1.82) is 0 Å². The Kier molecular flexibility index (Phi) is 5.84. The van der Waals surface area contributed by atoms with Gasteiger partial charge in [0.05, 0.1) is 0 Å². The van der Waals surface area contributed by atoms with Gasteiger partial charge in [-0.3, -0.25) is 0 Å². The molecule has 0 aromatic carbocycles. The second-order valence-corrected chi connectivity index (χ2v) is 10.7. The number of nitrogens with one attached hydrogen (secondary N) is 1. The van der Waals surface area contributed by atoms with E-state index in [-0.39, 0.29) is 0 Å². The summed E-state index contributed by atoms with van der Waals surface area (Å²) in [5.41, 5.74) is 0. The van der Waals surface area contributed by atoms with Crippen molar-refractivity contribution in [1.82, 2.24) is 5.32 Å². The van der Waals surface area contributed by atoms with Crippen molar-refractivity contribution in [2.24, 2.45) is 0 Å². The average Bonchev–Trinajstić information content (AvgIpc) is 1.83. The Morgan fingerprint density at radius 3 is 2.08 bits per heavy atom. The third kappa shape index (κ3) is 10.2. The average molecular weight is 187 g/mol. The highest BCUT2D eigenvalue weighted by Crippen LogP contribution is 2.11. The predicted molar refractivity (Wildman–Crippen MR) is 60.5 cm³/mol. The van der Waals surface area contributed by atoms with Crippen molar-refractivity contribution in [3.63, 3.8) is 0 Å². The first-order chi connectivity index (χ1) is 5.42. The summed E-state index contributed by atoms with van der Waals surface area (Å²) in [7, 11) is -0.762. The number of unbranched alkanes of at least 4 members (excludes halogenated alkanes) is 1. The molecule has 0 aromatic rings. The van der Waals surface area contributed by atoms with Crippen LogP contribution in [0.25, 0.3) is 0 Å². The van der Waals surface area contributed by atoms with E-state index in [0.717, 1.165) is 0 Å². The maximum atomic E-state index is 3.45. The van der Waals surface area contributed by atoms with Gasteiger partial charge in [-0.2, -0.15) is 0 Å². The minimum absolute atomic E-state index is 0.650. The number of hydrogen-bond donors (Lipinski definition) is 1. The van der Waals surface area contributed by atoms with E-state index in [1.54, 1.807) is 0 Å². The molecule has 0 bridgehead atoms. The summed E-state index contributed by atoms with van der Waals surface area (Å²) in [6.07, 6.45) is 2.76. The Hall–Kier alpha value is 0.177. The molecule has 0 amide bonds. The lowest BCUT2D eigenvalue weighted by atomic mass is 10.3. The molecule has 1 nitrogen and oxygen atoms in total. The van der Waals surface area contributed by atoms with Gasteiger partial charge in [0.15, 0.2) is 0 Å². The molecule has 0 fully saturated rings. The molecule has 0 spiro atoms. The molecule has 0 aromatic heterocycles. The van der Waals surface area contributed by atoms with Crippen molar-refractivity contribution in [3.8, 4) is 0 Å². The lowest BCUT2D eigenvalue weighted by molar-refractivity contribution is 0.565. The van der Waals surface area contributed by atoms with Gasteiger partial charge in [0.1, 0.15) is 0 Å². The maximum absolute atomic E-state index is 3.45. The van der Waals surface area contributed by atoms with Gasteiger partial charge in [0.2, 0.25) is 0 Å². The van der Waals surface area contributed by atoms with Crippen LogP contribution in [0.2, 0.25) is 25.7 Å². The van der Waals surface area contributed by atoms with Crippen LogP contribution >= 0.6 is 0 Å². The van der Waals surface area contributed by atoms with Gasteiger partial charge < -0.3 is 5.32 Å². The highest BCUT2D eigenvalue weighted by atomic mass is 28.3. The molecule has 2 heteroatoms. The third-order valence-electron chi connectivity index (χ3n) is 1.91. The zero-order chi connectivity index (χ0) is 9.61. The summed E-state index contributed by atoms with van der Waals surface area (Å²) in [6.45, 7) is 13.0. The van der Waals surface area contributed by atoms with Crippen LogP contribution in [0.3, 0.4) is 0 Å². The van der Waals surface area contributed by atoms with Crippen molar-refractivity contribution < 1.29 is 0 Å².